The summed E-state index contributed by atoms with van der Waals surface area (Å²) in [5.41, 5.74) is 2.62. The summed E-state index contributed by atoms with van der Waals surface area (Å²) in [4.78, 5) is 4.56. The van der Waals surface area contributed by atoms with E-state index in [0.717, 1.165) is 29.7 Å². The summed E-state index contributed by atoms with van der Waals surface area (Å²) >= 11 is 0. The Kier molecular flexibility index (Phi) is 4.42. The molecule has 0 aliphatic carbocycles. The first-order chi connectivity index (χ1) is 9.55. The maximum atomic E-state index is 13.8. The van der Waals surface area contributed by atoms with Crippen LogP contribution in [0.3, 0.4) is 0 Å². The fourth-order valence-electron chi connectivity index (χ4n) is 2.30. The first-order valence-corrected chi connectivity index (χ1v) is 6.96. The Morgan fingerprint density at radius 2 is 2.05 bits per heavy atom. The van der Waals surface area contributed by atoms with E-state index in [1.54, 1.807) is 6.07 Å². The summed E-state index contributed by atoms with van der Waals surface area (Å²) in [5.74, 6) is 0.379. The first-order valence-electron chi connectivity index (χ1n) is 6.96. The molecule has 3 nitrogen and oxygen atoms in total. The van der Waals surface area contributed by atoms with Gasteiger partial charge in [0.2, 0.25) is 0 Å². The molecule has 0 radical (unpaired) electrons. The molecule has 20 heavy (non-hydrogen) atoms. The van der Waals surface area contributed by atoms with Crippen molar-refractivity contribution in [2.75, 3.05) is 19.0 Å². The highest BCUT2D eigenvalue weighted by Gasteiger charge is 2.11. The minimum Gasteiger partial charge on any atom is -0.494 e. The van der Waals surface area contributed by atoms with Crippen molar-refractivity contribution in [2.24, 2.45) is 5.92 Å². The van der Waals surface area contributed by atoms with Crippen LogP contribution in [0.25, 0.3) is 10.9 Å². The molecule has 1 aromatic heterocycles. The molecule has 0 amide bonds. The Bertz CT molecular complexity index is 611. The lowest BCUT2D eigenvalue weighted by Crippen LogP contribution is -2.03. The van der Waals surface area contributed by atoms with Crippen LogP contribution in [-0.2, 0) is 6.42 Å². The minimum atomic E-state index is -0.378. The van der Waals surface area contributed by atoms with Crippen molar-refractivity contribution in [2.45, 2.75) is 27.2 Å². The molecular weight excluding hydrogens is 255 g/mol. The van der Waals surface area contributed by atoms with Crippen LogP contribution < -0.4 is 10.1 Å². The number of anilines is 1. The van der Waals surface area contributed by atoms with Gasteiger partial charge in [-0.2, -0.15) is 0 Å². The molecule has 1 aromatic carbocycles. The van der Waals surface area contributed by atoms with Crippen LogP contribution in [0.15, 0.2) is 18.2 Å². The summed E-state index contributed by atoms with van der Waals surface area (Å²) in [5, 5.41) is 4.20. The standard InChI is InChI=1S/C16H21FN2O/c1-5-18-14-7-11(6-10(2)3)19-15-9-13(17)16(20-4)8-12(14)15/h7-10H,5-6H2,1-4H3,(H,18,19). The number of methoxy groups -OCH3 is 1. The Labute approximate surface area is 119 Å². The van der Waals surface area contributed by atoms with Gasteiger partial charge < -0.3 is 10.1 Å². The van der Waals surface area contributed by atoms with Gasteiger partial charge in [-0.05, 0) is 31.4 Å². The third-order valence-corrected chi connectivity index (χ3v) is 3.12. The zero-order chi connectivity index (χ0) is 14.7. The second-order valence-corrected chi connectivity index (χ2v) is 5.29. The fraction of sp³-hybridized carbons (Fsp3) is 0.438. The Morgan fingerprint density at radius 3 is 2.65 bits per heavy atom. The quantitative estimate of drug-likeness (QED) is 0.895. The highest BCUT2D eigenvalue weighted by molar-refractivity contribution is 5.92. The van der Waals surface area contributed by atoms with Crippen LogP contribution in [0.4, 0.5) is 10.1 Å². The molecule has 0 aliphatic rings. The van der Waals surface area contributed by atoms with Crippen molar-refractivity contribution >= 4 is 16.6 Å². The maximum Gasteiger partial charge on any atom is 0.167 e. The van der Waals surface area contributed by atoms with Crippen LogP contribution in [0, 0.1) is 11.7 Å². The van der Waals surface area contributed by atoms with E-state index in [0.29, 0.717) is 11.4 Å². The molecule has 0 bridgehead atoms. The van der Waals surface area contributed by atoms with Crippen molar-refractivity contribution in [3.63, 3.8) is 0 Å². The van der Waals surface area contributed by atoms with Crippen LogP contribution in [0.5, 0.6) is 5.75 Å². The number of benzene rings is 1. The zero-order valence-corrected chi connectivity index (χ0v) is 12.5. The van der Waals surface area contributed by atoms with E-state index in [1.165, 1.54) is 13.2 Å². The lowest BCUT2D eigenvalue weighted by Gasteiger charge is -2.13. The molecule has 1 N–H and O–H groups in total. The van der Waals surface area contributed by atoms with Crippen LogP contribution in [0.2, 0.25) is 0 Å². The molecule has 0 atom stereocenters. The van der Waals surface area contributed by atoms with Gasteiger partial charge in [-0.3, -0.25) is 4.98 Å². The van der Waals surface area contributed by atoms with Crippen LogP contribution >= 0.6 is 0 Å². The highest BCUT2D eigenvalue weighted by atomic mass is 19.1. The number of pyridine rings is 1. The Hall–Kier alpha value is -1.84. The summed E-state index contributed by atoms with van der Waals surface area (Å²) in [6.07, 6.45) is 0.877. The van der Waals surface area contributed by atoms with E-state index in [2.05, 4.69) is 24.1 Å². The predicted molar refractivity (Wildman–Crippen MR) is 81.0 cm³/mol. The van der Waals surface area contributed by atoms with E-state index in [4.69, 9.17) is 4.74 Å². The molecule has 1 heterocycles. The van der Waals surface area contributed by atoms with E-state index < -0.39 is 0 Å². The van der Waals surface area contributed by atoms with E-state index in [-0.39, 0.29) is 11.6 Å². The zero-order valence-electron chi connectivity index (χ0n) is 12.5. The summed E-state index contributed by atoms with van der Waals surface area (Å²) < 4.78 is 18.9. The van der Waals surface area contributed by atoms with Gasteiger partial charge in [0, 0.05) is 29.4 Å². The summed E-state index contributed by atoms with van der Waals surface area (Å²) in [6, 6.07) is 5.19. The monoisotopic (exact) mass is 276 g/mol. The third-order valence-electron chi connectivity index (χ3n) is 3.12. The third kappa shape index (κ3) is 3.00. The number of hydrogen-bond acceptors (Lipinski definition) is 3. The van der Waals surface area contributed by atoms with Gasteiger partial charge in [0.1, 0.15) is 0 Å². The molecule has 0 spiro atoms. The lowest BCUT2D eigenvalue weighted by molar-refractivity contribution is 0.387. The predicted octanol–water partition coefficient (Wildman–Crippen LogP) is 4.01. The van der Waals surface area contributed by atoms with Gasteiger partial charge in [0.15, 0.2) is 11.6 Å². The van der Waals surface area contributed by atoms with Gasteiger partial charge >= 0.3 is 0 Å². The molecule has 0 unspecified atom stereocenters. The number of hydrogen-bond donors (Lipinski definition) is 1. The second-order valence-electron chi connectivity index (χ2n) is 5.29. The number of fused-ring (bicyclic) bond motifs is 1. The topological polar surface area (TPSA) is 34.2 Å². The number of aromatic nitrogens is 1. The van der Waals surface area contributed by atoms with Crippen molar-refractivity contribution in [3.05, 3.63) is 29.7 Å². The average molecular weight is 276 g/mol. The minimum absolute atomic E-state index is 0.245. The van der Waals surface area contributed by atoms with Gasteiger partial charge in [-0.25, -0.2) is 4.39 Å². The molecule has 4 heteroatoms. The smallest absolute Gasteiger partial charge is 0.167 e. The molecule has 0 saturated heterocycles. The molecule has 108 valence electrons. The van der Waals surface area contributed by atoms with Gasteiger partial charge in [0.05, 0.1) is 12.6 Å². The van der Waals surface area contributed by atoms with Crippen molar-refractivity contribution in [1.82, 2.24) is 4.98 Å². The van der Waals surface area contributed by atoms with Crippen molar-refractivity contribution in [3.8, 4) is 5.75 Å². The molecule has 2 rings (SSSR count). The fourth-order valence-corrected chi connectivity index (χ4v) is 2.30. The first kappa shape index (κ1) is 14.6. The summed E-state index contributed by atoms with van der Waals surface area (Å²) in [6.45, 7) is 7.13. The Balaban J connectivity index is 2.61. The largest absolute Gasteiger partial charge is 0.494 e. The number of nitrogens with zero attached hydrogens (tertiary/aromatic N) is 1. The number of halogens is 1. The number of rotatable bonds is 5. The maximum absolute atomic E-state index is 13.8. The van der Waals surface area contributed by atoms with E-state index >= 15 is 0 Å². The Morgan fingerprint density at radius 1 is 1.30 bits per heavy atom. The van der Waals surface area contributed by atoms with Crippen molar-refractivity contribution in [1.29, 1.82) is 0 Å². The molecule has 0 fully saturated rings. The SMILES string of the molecule is CCNc1cc(CC(C)C)nc2cc(F)c(OC)cc12. The summed E-state index contributed by atoms with van der Waals surface area (Å²) in [7, 11) is 1.47. The molecular formula is C16H21FN2O. The van der Waals surface area contributed by atoms with Gasteiger partial charge in [0.25, 0.3) is 0 Å². The van der Waals surface area contributed by atoms with Crippen LogP contribution in [0.1, 0.15) is 26.5 Å². The van der Waals surface area contributed by atoms with Crippen molar-refractivity contribution < 1.29 is 9.13 Å². The highest BCUT2D eigenvalue weighted by Crippen LogP contribution is 2.30. The van der Waals surface area contributed by atoms with E-state index in [9.17, 15) is 4.39 Å². The molecule has 0 saturated carbocycles. The number of ether oxygens (including phenoxy) is 1. The van der Waals surface area contributed by atoms with Gasteiger partial charge in [-0.15, -0.1) is 0 Å². The van der Waals surface area contributed by atoms with Crippen LogP contribution in [-0.4, -0.2) is 18.6 Å². The number of nitrogens with one attached hydrogen (secondary N) is 1. The van der Waals surface area contributed by atoms with E-state index in [1.807, 2.05) is 13.0 Å². The lowest BCUT2D eigenvalue weighted by atomic mass is 10.0. The second kappa shape index (κ2) is 6.07. The average Bonchev–Trinajstić information content (AvgIpc) is 2.37. The molecule has 0 aliphatic heterocycles. The van der Waals surface area contributed by atoms with Gasteiger partial charge in [-0.1, -0.05) is 13.8 Å². The molecule has 2 aromatic rings. The normalized spacial score (nSPS) is 11.1.